The summed E-state index contributed by atoms with van der Waals surface area (Å²) in [4.78, 5) is 19.2. The van der Waals surface area contributed by atoms with Crippen molar-refractivity contribution in [2.75, 3.05) is 13.2 Å². The first-order chi connectivity index (χ1) is 27.3. The van der Waals surface area contributed by atoms with Crippen LogP contribution in [0.5, 0.6) is 0 Å². The minimum absolute atomic E-state index is 0.0229. The number of unbranched alkanes of at least 4 members (excludes halogenated alkanes) is 10. The molecule has 4 aromatic carbocycles. The maximum absolute atomic E-state index is 12.9. The van der Waals surface area contributed by atoms with E-state index in [2.05, 4.69) is 102 Å². The van der Waals surface area contributed by atoms with E-state index in [4.69, 9.17) is 4.18 Å². The van der Waals surface area contributed by atoms with E-state index in [0.717, 1.165) is 56.8 Å². The fourth-order valence-electron chi connectivity index (χ4n) is 5.76. The van der Waals surface area contributed by atoms with E-state index in [1.165, 1.54) is 26.3 Å². The second-order valence-electron chi connectivity index (χ2n) is 13.4. The zero-order valence-corrected chi connectivity index (χ0v) is 34.4. The Morgan fingerprint density at radius 2 is 1.07 bits per heavy atom. The third kappa shape index (κ3) is 14.6. The number of carbonyl (C=O) groups is 1. The number of hydrogen-bond donors (Lipinski definition) is 0. The predicted molar refractivity (Wildman–Crippen MR) is 217 cm³/mol. The molecule has 0 amide bonds. The van der Waals surface area contributed by atoms with Gasteiger partial charge < -0.3 is 9.29 Å². The van der Waals surface area contributed by atoms with Gasteiger partial charge >= 0.3 is 21.3 Å². The molecule has 0 aliphatic rings. The first-order valence-corrected chi connectivity index (χ1v) is 23.0. The summed E-state index contributed by atoms with van der Waals surface area (Å²) < 4.78 is 90.8. The van der Waals surface area contributed by atoms with Gasteiger partial charge in [-0.15, -0.1) is 0 Å². The number of alkyl halides is 2. The van der Waals surface area contributed by atoms with Gasteiger partial charge in [-0.25, -0.2) is 18.2 Å². The van der Waals surface area contributed by atoms with Crippen LogP contribution in [0.25, 0.3) is 10.9 Å². The van der Waals surface area contributed by atoms with Crippen LogP contribution in [0.15, 0.2) is 141 Å². The molecule has 0 unspecified atom stereocenters. The number of nitrogens with zero attached hydrogens (tertiary/aromatic N) is 1. The van der Waals surface area contributed by atoms with E-state index in [1.54, 1.807) is 18.2 Å². The van der Waals surface area contributed by atoms with Gasteiger partial charge in [0.05, 0.1) is 29.6 Å². The van der Waals surface area contributed by atoms with Gasteiger partial charge in [-0.05, 0) is 74.4 Å². The Morgan fingerprint density at radius 3 is 1.60 bits per heavy atom. The monoisotopic (exact) mass is 841 g/mol. The Labute approximate surface area is 338 Å². The third-order valence-electron chi connectivity index (χ3n) is 8.86. The van der Waals surface area contributed by atoms with Crippen LogP contribution >= 0.6 is 0 Å². The number of halogens is 2. The smallest absolute Gasteiger partial charge is 0.428 e. The Morgan fingerprint density at radius 1 is 0.614 bits per heavy atom. The number of esters is 1. The molecule has 0 atom stereocenters. The fourth-order valence-corrected chi connectivity index (χ4v) is 9.01. The van der Waals surface area contributed by atoms with Crippen LogP contribution in [-0.4, -0.2) is 50.8 Å². The largest absolute Gasteiger partial charge is 0.743 e. The summed E-state index contributed by atoms with van der Waals surface area (Å²) in [5, 5.41) is -4.30. The quantitative estimate of drug-likeness (QED) is 0.0232. The molecular formula is C43H49F2NO8S3. The molecular weight excluding hydrogens is 793 g/mol. The van der Waals surface area contributed by atoms with Crippen molar-refractivity contribution >= 4 is 48.0 Å². The molecule has 5 rings (SSSR count). The summed E-state index contributed by atoms with van der Waals surface area (Å²) in [5.74, 6) is -2.34. The third-order valence-corrected chi connectivity index (χ3v) is 13.1. The summed E-state index contributed by atoms with van der Waals surface area (Å²) in [7, 11) is -10.00. The number of ether oxygens (including phenoxy) is 1. The van der Waals surface area contributed by atoms with Gasteiger partial charge in [-0.2, -0.15) is 17.2 Å². The molecule has 0 radical (unpaired) electrons. The normalized spacial score (nSPS) is 11.9. The predicted octanol–water partition coefficient (Wildman–Crippen LogP) is 10.0. The summed E-state index contributed by atoms with van der Waals surface area (Å²) in [6.07, 6.45) is 9.19. The van der Waals surface area contributed by atoms with E-state index in [0.29, 0.717) is 24.8 Å². The number of aryl methyl sites for hydroxylation is 1. The molecule has 0 saturated carbocycles. The zero-order valence-electron chi connectivity index (χ0n) is 31.9. The number of fused-ring (bicyclic) bond motifs is 1. The highest BCUT2D eigenvalue weighted by atomic mass is 32.2. The molecule has 57 heavy (non-hydrogen) atoms. The van der Waals surface area contributed by atoms with Crippen LogP contribution in [0, 0.1) is 6.92 Å². The summed E-state index contributed by atoms with van der Waals surface area (Å²) >= 11 is 0. The molecule has 5 aromatic rings. The van der Waals surface area contributed by atoms with E-state index >= 15 is 0 Å². The maximum atomic E-state index is 12.9. The Balaban J connectivity index is 0.000000299. The van der Waals surface area contributed by atoms with Gasteiger partial charge in [0.2, 0.25) is 0 Å². The molecule has 0 N–H and O–H groups in total. The average Bonchev–Trinajstić information content (AvgIpc) is 3.20. The van der Waals surface area contributed by atoms with Crippen molar-refractivity contribution in [3.05, 3.63) is 127 Å². The number of pyridine rings is 1. The Kier molecular flexibility index (Phi) is 18.1. The molecule has 1 aromatic heterocycles. The topological polar surface area (TPSA) is 140 Å². The van der Waals surface area contributed by atoms with Crippen molar-refractivity contribution in [2.24, 2.45) is 0 Å². The van der Waals surface area contributed by atoms with E-state index in [9.17, 15) is 35.0 Å². The number of carbonyl (C=O) groups excluding carboxylic acids is 1. The molecule has 0 aliphatic carbocycles. The summed E-state index contributed by atoms with van der Waals surface area (Å²) in [5.41, 5.74) is 1.90. The number of benzene rings is 4. The molecule has 1 heterocycles. The standard InChI is InChI=1S/C24H33F2NO8S2.C19H17S/c25-24(26,37(31,32)33)23(28)34-18-12-8-6-4-2-1-3-5-7-9-13-19-35-36(29,30)22-17-16-20-14-10-11-15-21(20)27-22;1-16-12-14-19(15-13-16)20(17-8-4-2-5-9-17)18-10-6-3-7-11-18/h10-11,14-17H,1-9,12-13,18-19H2,(H,31,32,33);2-15H,1H3/q;+1/p-1. The molecule has 0 bridgehead atoms. The Bertz CT molecular complexity index is 2150. The van der Waals surface area contributed by atoms with Crippen molar-refractivity contribution < 1.29 is 43.9 Å². The lowest BCUT2D eigenvalue weighted by molar-refractivity contribution is -0.161. The zero-order chi connectivity index (χ0) is 41.2. The summed E-state index contributed by atoms with van der Waals surface area (Å²) in [6.45, 7) is 1.87. The number of aromatic nitrogens is 1. The van der Waals surface area contributed by atoms with Crippen molar-refractivity contribution in [3.8, 4) is 0 Å². The van der Waals surface area contributed by atoms with E-state index in [-0.39, 0.29) is 29.1 Å². The molecule has 0 fully saturated rings. The lowest BCUT2D eigenvalue weighted by atomic mass is 10.1. The second-order valence-corrected chi connectivity index (χ2v) is 18.4. The minimum atomic E-state index is -6.08. The first kappa shape index (κ1) is 45.5. The highest BCUT2D eigenvalue weighted by Gasteiger charge is 2.48. The maximum Gasteiger partial charge on any atom is 0.428 e. The second kappa shape index (κ2) is 22.7. The number of hydrogen-bond acceptors (Lipinski definition) is 9. The van der Waals surface area contributed by atoms with Gasteiger partial charge in [0.1, 0.15) is 0 Å². The van der Waals surface area contributed by atoms with E-state index in [1.807, 2.05) is 12.1 Å². The first-order valence-electron chi connectivity index (χ1n) is 19.0. The minimum Gasteiger partial charge on any atom is -0.743 e. The van der Waals surface area contributed by atoms with Crippen molar-refractivity contribution in [1.29, 1.82) is 0 Å². The van der Waals surface area contributed by atoms with Gasteiger partial charge in [0, 0.05) is 5.39 Å². The number of rotatable bonds is 21. The van der Waals surface area contributed by atoms with Gasteiger partial charge in [0.25, 0.3) is 0 Å². The summed E-state index contributed by atoms with van der Waals surface area (Å²) in [6, 6.07) is 40.8. The Hall–Kier alpha value is -4.21. The highest BCUT2D eigenvalue weighted by molar-refractivity contribution is 7.97. The van der Waals surface area contributed by atoms with Crippen LogP contribution in [0.3, 0.4) is 0 Å². The van der Waals surface area contributed by atoms with Crippen LogP contribution < -0.4 is 0 Å². The average molecular weight is 842 g/mol. The lowest BCUT2D eigenvalue weighted by Crippen LogP contribution is -2.39. The van der Waals surface area contributed by atoms with Crippen molar-refractivity contribution in [2.45, 2.75) is 103 Å². The number of para-hydroxylation sites is 1. The molecule has 0 aliphatic heterocycles. The van der Waals surface area contributed by atoms with Crippen LogP contribution in [-0.2, 0) is 44.8 Å². The highest BCUT2D eigenvalue weighted by Crippen LogP contribution is 2.31. The SMILES string of the molecule is Cc1ccc([S+](c2ccccc2)c2ccccc2)cc1.O=C(OCCCCCCCCCCCCCOS(=O)(=O)c1ccc2ccccc2n1)C(F)(F)S(=O)(=O)[O-]. The van der Waals surface area contributed by atoms with Gasteiger partial charge in [-0.1, -0.05) is 130 Å². The van der Waals surface area contributed by atoms with Crippen LogP contribution in [0.1, 0.15) is 76.2 Å². The molecule has 14 heteroatoms. The molecule has 9 nitrogen and oxygen atoms in total. The van der Waals surface area contributed by atoms with Crippen LogP contribution in [0.4, 0.5) is 8.78 Å². The van der Waals surface area contributed by atoms with Crippen molar-refractivity contribution in [3.63, 3.8) is 0 Å². The molecule has 306 valence electrons. The molecule has 0 saturated heterocycles. The lowest BCUT2D eigenvalue weighted by Gasteiger charge is -2.17. The van der Waals surface area contributed by atoms with Crippen molar-refractivity contribution in [1.82, 2.24) is 4.98 Å². The van der Waals surface area contributed by atoms with E-state index < -0.39 is 31.5 Å². The van der Waals surface area contributed by atoms with Gasteiger partial charge in [0.15, 0.2) is 29.8 Å². The van der Waals surface area contributed by atoms with Gasteiger partial charge in [-0.3, -0.25) is 4.18 Å². The van der Waals surface area contributed by atoms with Crippen LogP contribution in [0.2, 0.25) is 0 Å². The fraction of sp³-hybridized carbons (Fsp3) is 0.349. The molecule has 0 spiro atoms.